The molecule has 0 aliphatic rings. The van der Waals surface area contributed by atoms with Gasteiger partial charge in [-0.1, -0.05) is 11.8 Å². The average Bonchev–Trinajstić information content (AvgIpc) is 2.92. The molecule has 0 aliphatic carbocycles. The van der Waals surface area contributed by atoms with Gasteiger partial charge in [-0.05, 0) is 19.9 Å². The summed E-state index contributed by atoms with van der Waals surface area (Å²) in [4.78, 5) is 13.1. The van der Waals surface area contributed by atoms with Crippen molar-refractivity contribution < 1.29 is 0 Å². The number of aryl methyl sites for hydroxylation is 3. The molecule has 0 spiro atoms. The van der Waals surface area contributed by atoms with Gasteiger partial charge in [0.25, 0.3) is 0 Å². The van der Waals surface area contributed by atoms with Gasteiger partial charge in [0.1, 0.15) is 6.33 Å². The molecule has 0 atom stereocenters. The minimum absolute atomic E-state index is 0.756. The van der Waals surface area contributed by atoms with Gasteiger partial charge in [0.15, 0.2) is 5.16 Å². The number of thioether (sulfide) groups is 1. The van der Waals surface area contributed by atoms with Gasteiger partial charge in [0, 0.05) is 30.4 Å². The lowest BCUT2D eigenvalue weighted by molar-refractivity contribution is 0.685. The highest BCUT2D eigenvalue weighted by Gasteiger charge is 2.08. The van der Waals surface area contributed by atoms with Crippen molar-refractivity contribution >= 4 is 17.5 Å². The Labute approximate surface area is 114 Å². The molecular formula is C12H14N6S. The Balaban J connectivity index is 1.86. The van der Waals surface area contributed by atoms with Gasteiger partial charge in [-0.3, -0.25) is 4.40 Å². The van der Waals surface area contributed by atoms with E-state index in [1.54, 1.807) is 22.8 Å². The summed E-state index contributed by atoms with van der Waals surface area (Å²) in [6.45, 7) is 4.04. The predicted octanol–water partition coefficient (Wildman–Crippen LogP) is 1.77. The second-order valence-electron chi connectivity index (χ2n) is 4.40. The second kappa shape index (κ2) is 4.65. The zero-order chi connectivity index (χ0) is 13.4. The van der Waals surface area contributed by atoms with E-state index >= 15 is 0 Å². The van der Waals surface area contributed by atoms with Crippen LogP contribution in [-0.2, 0) is 12.8 Å². The Bertz CT molecular complexity index is 729. The Morgan fingerprint density at radius 2 is 2.11 bits per heavy atom. The van der Waals surface area contributed by atoms with Crippen LogP contribution < -0.4 is 0 Å². The fourth-order valence-electron chi connectivity index (χ4n) is 1.94. The largest absolute Gasteiger partial charge is 0.288 e. The Kier molecular flexibility index (Phi) is 2.98. The summed E-state index contributed by atoms with van der Waals surface area (Å²) in [7, 11) is 1.88. The van der Waals surface area contributed by atoms with Crippen molar-refractivity contribution in [3.05, 3.63) is 35.7 Å². The normalized spacial score (nSPS) is 11.3. The number of hydrogen-bond acceptors (Lipinski definition) is 5. The molecule has 0 N–H and O–H groups in total. The summed E-state index contributed by atoms with van der Waals surface area (Å²) < 4.78 is 3.77. The molecule has 7 heteroatoms. The van der Waals surface area contributed by atoms with Crippen LogP contribution in [0, 0.1) is 13.8 Å². The zero-order valence-corrected chi connectivity index (χ0v) is 11.8. The Morgan fingerprint density at radius 3 is 2.84 bits per heavy atom. The predicted molar refractivity (Wildman–Crippen MR) is 73.0 cm³/mol. The van der Waals surface area contributed by atoms with Gasteiger partial charge >= 0.3 is 0 Å². The molecule has 0 radical (unpaired) electrons. The van der Waals surface area contributed by atoms with E-state index in [0.29, 0.717) is 0 Å². The molecule has 3 rings (SSSR count). The Hall–Kier alpha value is -1.89. The molecule has 3 aromatic heterocycles. The van der Waals surface area contributed by atoms with Gasteiger partial charge in [-0.25, -0.2) is 19.6 Å². The lowest BCUT2D eigenvalue weighted by Crippen LogP contribution is -1.94. The van der Waals surface area contributed by atoms with Crippen molar-refractivity contribution in [3.8, 4) is 0 Å². The van der Waals surface area contributed by atoms with Crippen molar-refractivity contribution in [2.24, 2.45) is 7.05 Å². The summed E-state index contributed by atoms with van der Waals surface area (Å²) in [5.41, 5.74) is 3.13. The maximum absolute atomic E-state index is 4.54. The van der Waals surface area contributed by atoms with Crippen LogP contribution in [0.4, 0.5) is 0 Å². The molecule has 0 aromatic carbocycles. The molecule has 98 valence electrons. The van der Waals surface area contributed by atoms with Gasteiger partial charge in [-0.15, -0.1) is 0 Å². The van der Waals surface area contributed by atoms with Crippen LogP contribution in [0.2, 0.25) is 0 Å². The van der Waals surface area contributed by atoms with E-state index in [9.17, 15) is 0 Å². The van der Waals surface area contributed by atoms with Crippen LogP contribution in [0.15, 0.2) is 23.7 Å². The lowest BCUT2D eigenvalue weighted by Gasteiger charge is -1.99. The van der Waals surface area contributed by atoms with Crippen LogP contribution >= 0.6 is 11.8 Å². The van der Waals surface area contributed by atoms with Crippen LogP contribution in [0.25, 0.3) is 5.78 Å². The SMILES string of the molecule is Cc1cc(C)n2cc(CSc3ncnn3C)nc2n1. The highest BCUT2D eigenvalue weighted by atomic mass is 32.2. The van der Waals surface area contributed by atoms with E-state index in [0.717, 1.165) is 33.8 Å². The van der Waals surface area contributed by atoms with E-state index in [2.05, 4.69) is 27.0 Å². The van der Waals surface area contributed by atoms with Crippen LogP contribution in [0.5, 0.6) is 0 Å². The topological polar surface area (TPSA) is 60.9 Å². The maximum Gasteiger partial charge on any atom is 0.234 e. The first-order valence-corrected chi connectivity index (χ1v) is 6.91. The molecule has 0 aliphatic heterocycles. The summed E-state index contributed by atoms with van der Waals surface area (Å²) in [6.07, 6.45) is 3.58. The molecule has 0 saturated carbocycles. The number of aromatic nitrogens is 6. The Morgan fingerprint density at radius 1 is 1.26 bits per heavy atom. The van der Waals surface area contributed by atoms with E-state index in [-0.39, 0.29) is 0 Å². The first-order valence-electron chi connectivity index (χ1n) is 5.92. The third kappa shape index (κ3) is 2.33. The summed E-state index contributed by atoms with van der Waals surface area (Å²) in [6, 6.07) is 2.05. The zero-order valence-electron chi connectivity index (χ0n) is 11.0. The minimum atomic E-state index is 0.756. The van der Waals surface area contributed by atoms with Crippen molar-refractivity contribution in [1.82, 2.24) is 29.1 Å². The lowest BCUT2D eigenvalue weighted by atomic mass is 10.3. The van der Waals surface area contributed by atoms with Crippen molar-refractivity contribution in [3.63, 3.8) is 0 Å². The third-order valence-electron chi connectivity index (χ3n) is 2.83. The quantitative estimate of drug-likeness (QED) is 0.681. The van der Waals surface area contributed by atoms with Gasteiger partial charge < -0.3 is 0 Å². The molecule has 3 heterocycles. The summed E-state index contributed by atoms with van der Waals surface area (Å²) in [5, 5.41) is 4.93. The van der Waals surface area contributed by atoms with E-state index in [1.807, 2.05) is 30.6 Å². The first kappa shape index (κ1) is 12.2. The van der Waals surface area contributed by atoms with Gasteiger partial charge in [0.2, 0.25) is 5.78 Å². The van der Waals surface area contributed by atoms with Crippen LogP contribution in [-0.4, -0.2) is 29.1 Å². The van der Waals surface area contributed by atoms with E-state index in [1.165, 1.54) is 0 Å². The number of fused-ring (bicyclic) bond motifs is 1. The molecule has 0 unspecified atom stereocenters. The average molecular weight is 274 g/mol. The molecule has 0 fully saturated rings. The molecule has 0 amide bonds. The molecule has 3 aromatic rings. The van der Waals surface area contributed by atoms with Crippen LogP contribution in [0.1, 0.15) is 17.1 Å². The first-order chi connectivity index (χ1) is 9.13. The third-order valence-corrected chi connectivity index (χ3v) is 3.90. The smallest absolute Gasteiger partial charge is 0.234 e. The summed E-state index contributed by atoms with van der Waals surface area (Å²) in [5.74, 6) is 1.51. The number of nitrogens with zero attached hydrogens (tertiary/aromatic N) is 6. The fourth-order valence-corrected chi connectivity index (χ4v) is 2.71. The number of rotatable bonds is 3. The molecule has 6 nitrogen and oxygen atoms in total. The number of imidazole rings is 1. The highest BCUT2D eigenvalue weighted by molar-refractivity contribution is 7.98. The fraction of sp³-hybridized carbons (Fsp3) is 0.333. The minimum Gasteiger partial charge on any atom is -0.288 e. The monoisotopic (exact) mass is 274 g/mol. The van der Waals surface area contributed by atoms with E-state index < -0.39 is 0 Å². The van der Waals surface area contributed by atoms with Gasteiger partial charge in [-0.2, -0.15) is 5.10 Å². The van der Waals surface area contributed by atoms with Crippen molar-refractivity contribution in [2.45, 2.75) is 24.8 Å². The standard InChI is InChI=1S/C12H14N6S/c1-8-4-9(2)18-5-10(16-11(18)15-8)6-19-12-13-7-14-17(12)3/h4-5,7H,6H2,1-3H3. The van der Waals surface area contributed by atoms with E-state index in [4.69, 9.17) is 0 Å². The van der Waals surface area contributed by atoms with Crippen molar-refractivity contribution in [1.29, 1.82) is 0 Å². The molecule has 0 saturated heterocycles. The molecule has 0 bridgehead atoms. The van der Waals surface area contributed by atoms with Crippen LogP contribution in [0.3, 0.4) is 0 Å². The maximum atomic E-state index is 4.54. The summed E-state index contributed by atoms with van der Waals surface area (Å²) >= 11 is 1.62. The molecule has 19 heavy (non-hydrogen) atoms. The van der Waals surface area contributed by atoms with Gasteiger partial charge in [0.05, 0.1) is 5.69 Å². The van der Waals surface area contributed by atoms with Crippen molar-refractivity contribution in [2.75, 3.05) is 0 Å². The second-order valence-corrected chi connectivity index (χ2v) is 5.34. The highest BCUT2D eigenvalue weighted by Crippen LogP contribution is 2.19. The number of hydrogen-bond donors (Lipinski definition) is 0. The molecular weight excluding hydrogens is 260 g/mol.